The highest BCUT2D eigenvalue weighted by molar-refractivity contribution is 7.09. The van der Waals surface area contributed by atoms with Crippen molar-refractivity contribution in [2.24, 2.45) is 7.05 Å². The fourth-order valence-electron chi connectivity index (χ4n) is 1.69. The first-order chi connectivity index (χ1) is 7.59. The van der Waals surface area contributed by atoms with Crippen molar-refractivity contribution in [3.8, 4) is 0 Å². The summed E-state index contributed by atoms with van der Waals surface area (Å²) in [5, 5.41) is 7.81. The summed E-state index contributed by atoms with van der Waals surface area (Å²) in [5.74, 6) is 0. The van der Waals surface area contributed by atoms with Crippen molar-refractivity contribution < 1.29 is 0 Å². The van der Waals surface area contributed by atoms with E-state index in [2.05, 4.69) is 22.3 Å². The summed E-state index contributed by atoms with van der Waals surface area (Å²) in [6, 6.07) is 0. The van der Waals surface area contributed by atoms with Crippen molar-refractivity contribution in [3.63, 3.8) is 0 Å². The van der Waals surface area contributed by atoms with Gasteiger partial charge in [0, 0.05) is 11.9 Å². The Bertz CT molecular complexity index is 498. The maximum absolute atomic E-state index is 4.37. The number of hydrogen-bond acceptors (Lipinski definition) is 4. The minimum Gasteiger partial charge on any atom is -0.377 e. The molecule has 0 aliphatic rings. The summed E-state index contributed by atoms with van der Waals surface area (Å²) < 4.78 is 1.90. The van der Waals surface area contributed by atoms with E-state index < -0.39 is 0 Å². The van der Waals surface area contributed by atoms with Gasteiger partial charge in [-0.2, -0.15) is 5.10 Å². The van der Waals surface area contributed by atoms with Gasteiger partial charge in [-0.15, -0.1) is 11.3 Å². The van der Waals surface area contributed by atoms with Crippen molar-refractivity contribution in [2.45, 2.75) is 27.3 Å². The summed E-state index contributed by atoms with van der Waals surface area (Å²) in [5.41, 5.74) is 6.34. The second kappa shape index (κ2) is 4.25. The molecule has 0 radical (unpaired) electrons. The van der Waals surface area contributed by atoms with E-state index in [-0.39, 0.29) is 0 Å². The highest BCUT2D eigenvalue weighted by atomic mass is 32.1. The van der Waals surface area contributed by atoms with Crippen molar-refractivity contribution in [1.29, 1.82) is 0 Å². The Labute approximate surface area is 99.3 Å². The van der Waals surface area contributed by atoms with Crippen molar-refractivity contribution in [1.82, 2.24) is 14.8 Å². The van der Waals surface area contributed by atoms with Gasteiger partial charge < -0.3 is 5.32 Å². The maximum atomic E-state index is 4.37. The number of anilines is 1. The summed E-state index contributed by atoms with van der Waals surface area (Å²) in [6.07, 6.45) is 0. The first-order valence-corrected chi connectivity index (χ1v) is 6.10. The Kier molecular flexibility index (Phi) is 2.96. The third-order valence-electron chi connectivity index (χ3n) is 2.78. The van der Waals surface area contributed by atoms with Gasteiger partial charge in [0.1, 0.15) is 0 Å². The monoisotopic (exact) mass is 236 g/mol. The lowest BCUT2D eigenvalue weighted by Gasteiger charge is -2.05. The van der Waals surface area contributed by atoms with Crippen LogP contribution in [-0.2, 0) is 13.6 Å². The van der Waals surface area contributed by atoms with Gasteiger partial charge in [-0.25, -0.2) is 4.98 Å². The molecule has 1 N–H and O–H groups in total. The Morgan fingerprint density at radius 1 is 1.31 bits per heavy atom. The second-order valence-corrected chi connectivity index (χ2v) is 4.82. The van der Waals surface area contributed by atoms with Crippen LogP contribution < -0.4 is 5.32 Å². The van der Waals surface area contributed by atoms with Gasteiger partial charge in [0.25, 0.3) is 0 Å². The van der Waals surface area contributed by atoms with Crippen molar-refractivity contribution in [3.05, 3.63) is 27.5 Å². The van der Waals surface area contributed by atoms with Crippen molar-refractivity contribution >= 4 is 17.0 Å². The molecule has 2 aromatic rings. The molecule has 2 aromatic heterocycles. The fourth-order valence-corrected chi connectivity index (χ4v) is 2.41. The molecule has 0 amide bonds. The molecule has 0 aliphatic carbocycles. The summed E-state index contributed by atoms with van der Waals surface area (Å²) in [7, 11) is 1.96. The molecule has 5 heteroatoms. The SMILES string of the molecule is Cc1ncsc1CNc1c(C)nn(C)c1C. The highest BCUT2D eigenvalue weighted by Crippen LogP contribution is 2.21. The normalized spacial score (nSPS) is 10.8. The predicted molar refractivity (Wildman–Crippen MR) is 66.9 cm³/mol. The minimum atomic E-state index is 0.823. The number of aryl methyl sites for hydroxylation is 3. The highest BCUT2D eigenvalue weighted by Gasteiger charge is 2.09. The molecule has 0 bridgehead atoms. The number of hydrogen-bond donors (Lipinski definition) is 1. The zero-order chi connectivity index (χ0) is 11.7. The Hall–Kier alpha value is -1.36. The molecule has 0 spiro atoms. The van der Waals surface area contributed by atoms with E-state index in [1.165, 1.54) is 10.6 Å². The first kappa shape index (κ1) is 11.1. The number of nitrogens with one attached hydrogen (secondary N) is 1. The molecule has 4 nitrogen and oxygen atoms in total. The molecule has 0 aromatic carbocycles. The quantitative estimate of drug-likeness (QED) is 0.890. The van der Waals surface area contributed by atoms with Crippen LogP contribution in [0.2, 0.25) is 0 Å². The van der Waals surface area contributed by atoms with Gasteiger partial charge in [-0.05, 0) is 20.8 Å². The zero-order valence-corrected chi connectivity index (χ0v) is 10.9. The van der Waals surface area contributed by atoms with E-state index in [4.69, 9.17) is 0 Å². The minimum absolute atomic E-state index is 0.823. The molecule has 0 aliphatic heterocycles. The van der Waals surface area contributed by atoms with Crippen LogP contribution in [0.15, 0.2) is 5.51 Å². The van der Waals surface area contributed by atoms with Crippen LogP contribution in [0.4, 0.5) is 5.69 Å². The van der Waals surface area contributed by atoms with Crippen LogP contribution in [0.5, 0.6) is 0 Å². The lowest BCUT2D eigenvalue weighted by molar-refractivity contribution is 0.731. The molecule has 0 atom stereocenters. The average molecular weight is 236 g/mol. The van der Waals surface area contributed by atoms with Gasteiger partial charge in [-0.1, -0.05) is 0 Å². The Morgan fingerprint density at radius 3 is 2.56 bits per heavy atom. The Balaban J connectivity index is 2.13. The van der Waals surface area contributed by atoms with Crippen LogP contribution in [0, 0.1) is 20.8 Å². The van der Waals surface area contributed by atoms with E-state index in [0.29, 0.717) is 0 Å². The number of aromatic nitrogens is 3. The Morgan fingerprint density at radius 2 is 2.06 bits per heavy atom. The van der Waals surface area contributed by atoms with Crippen LogP contribution in [0.25, 0.3) is 0 Å². The molecular formula is C11H16N4S. The van der Waals surface area contributed by atoms with Gasteiger partial charge >= 0.3 is 0 Å². The summed E-state index contributed by atoms with van der Waals surface area (Å²) >= 11 is 1.69. The molecule has 2 heterocycles. The molecule has 0 fully saturated rings. The lowest BCUT2D eigenvalue weighted by atomic mass is 10.3. The maximum Gasteiger partial charge on any atom is 0.0827 e. The lowest BCUT2D eigenvalue weighted by Crippen LogP contribution is -2.01. The molecule has 0 saturated carbocycles. The molecule has 0 saturated heterocycles. The van der Waals surface area contributed by atoms with Crippen molar-refractivity contribution in [2.75, 3.05) is 5.32 Å². The van der Waals surface area contributed by atoms with Gasteiger partial charge in [0.15, 0.2) is 0 Å². The fraction of sp³-hybridized carbons (Fsp3) is 0.455. The van der Waals surface area contributed by atoms with E-state index in [1.807, 2.05) is 31.1 Å². The zero-order valence-electron chi connectivity index (χ0n) is 10.0. The second-order valence-electron chi connectivity index (χ2n) is 3.88. The third kappa shape index (κ3) is 1.95. The van der Waals surface area contributed by atoms with Crippen LogP contribution in [0.3, 0.4) is 0 Å². The number of nitrogens with zero attached hydrogens (tertiary/aromatic N) is 3. The number of thiazole rings is 1. The van der Waals surface area contributed by atoms with E-state index in [1.54, 1.807) is 11.3 Å². The average Bonchev–Trinajstić information content (AvgIpc) is 2.72. The summed E-state index contributed by atoms with van der Waals surface area (Å²) in [4.78, 5) is 5.52. The molecular weight excluding hydrogens is 220 g/mol. The van der Waals surface area contributed by atoms with E-state index in [0.717, 1.165) is 23.6 Å². The summed E-state index contributed by atoms with van der Waals surface area (Å²) in [6.45, 7) is 6.96. The van der Waals surface area contributed by atoms with Gasteiger partial charge in [0.2, 0.25) is 0 Å². The third-order valence-corrected chi connectivity index (χ3v) is 3.71. The molecule has 0 unspecified atom stereocenters. The molecule has 16 heavy (non-hydrogen) atoms. The molecule has 86 valence electrons. The van der Waals surface area contributed by atoms with E-state index in [9.17, 15) is 0 Å². The number of rotatable bonds is 3. The standard InChI is InChI=1S/C11H16N4S/c1-7-10(16-6-13-7)5-12-11-8(2)14-15(4)9(11)3/h6,12H,5H2,1-4H3. The van der Waals surface area contributed by atoms with Crippen LogP contribution >= 0.6 is 11.3 Å². The van der Waals surface area contributed by atoms with Crippen LogP contribution in [-0.4, -0.2) is 14.8 Å². The van der Waals surface area contributed by atoms with Gasteiger partial charge in [-0.3, -0.25) is 4.68 Å². The molecule has 2 rings (SSSR count). The first-order valence-electron chi connectivity index (χ1n) is 5.22. The van der Waals surface area contributed by atoms with E-state index >= 15 is 0 Å². The topological polar surface area (TPSA) is 42.7 Å². The van der Waals surface area contributed by atoms with Crippen LogP contribution in [0.1, 0.15) is 22.0 Å². The smallest absolute Gasteiger partial charge is 0.0827 e. The largest absolute Gasteiger partial charge is 0.377 e. The van der Waals surface area contributed by atoms with Gasteiger partial charge in [0.05, 0.1) is 34.8 Å². The predicted octanol–water partition coefficient (Wildman–Crippen LogP) is 2.41.